The predicted molar refractivity (Wildman–Crippen MR) is 90.5 cm³/mol. The van der Waals surface area contributed by atoms with Crippen molar-refractivity contribution < 1.29 is 4.79 Å². The highest BCUT2D eigenvalue weighted by Gasteiger charge is 2.18. The maximum Gasteiger partial charge on any atom is 0.269 e. The van der Waals surface area contributed by atoms with E-state index < -0.39 is 0 Å². The number of amides is 1. The monoisotopic (exact) mass is 373 g/mol. The predicted octanol–water partition coefficient (Wildman–Crippen LogP) is 2.92. The van der Waals surface area contributed by atoms with Crippen LogP contribution in [0.3, 0.4) is 0 Å². The van der Waals surface area contributed by atoms with Crippen LogP contribution in [-0.4, -0.2) is 22.4 Å². The summed E-state index contributed by atoms with van der Waals surface area (Å²) >= 11 is 3.37. The van der Waals surface area contributed by atoms with Gasteiger partial charge in [0, 0.05) is 18.3 Å². The van der Waals surface area contributed by atoms with Crippen LogP contribution in [0, 0.1) is 17.2 Å². The first-order valence-electron chi connectivity index (χ1n) is 7.07. The minimum Gasteiger partial charge on any atom is -0.267 e. The van der Waals surface area contributed by atoms with E-state index in [4.69, 9.17) is 5.26 Å². The standard InChI is InChI=1S/C16H16BrN5O/c1-11(2)10-22(15-13(17)9-19-14(8-18)20-15)21-16(23)12-6-4-3-5-7-12/h3-7,9,11H,10H2,1-2H3,(H,21,23). The molecule has 118 valence electrons. The normalized spacial score (nSPS) is 10.2. The summed E-state index contributed by atoms with van der Waals surface area (Å²) in [5.41, 5.74) is 3.39. The van der Waals surface area contributed by atoms with E-state index >= 15 is 0 Å². The number of hydrazine groups is 1. The lowest BCUT2D eigenvalue weighted by Crippen LogP contribution is -2.45. The molecule has 0 fully saturated rings. The molecule has 7 heteroatoms. The third-order valence-corrected chi connectivity index (χ3v) is 3.46. The number of rotatable bonds is 5. The van der Waals surface area contributed by atoms with Crippen molar-refractivity contribution in [2.45, 2.75) is 13.8 Å². The molecule has 0 atom stereocenters. The van der Waals surface area contributed by atoms with Gasteiger partial charge in [-0.1, -0.05) is 32.0 Å². The molecule has 23 heavy (non-hydrogen) atoms. The number of nitrogens with zero attached hydrogens (tertiary/aromatic N) is 4. The molecule has 0 aliphatic heterocycles. The minimum absolute atomic E-state index is 0.0471. The quantitative estimate of drug-likeness (QED) is 0.814. The number of nitriles is 1. The first-order chi connectivity index (χ1) is 11.0. The van der Waals surface area contributed by atoms with Gasteiger partial charge in [-0.2, -0.15) is 10.2 Å². The molecule has 0 radical (unpaired) electrons. The Bertz CT molecular complexity index is 727. The lowest BCUT2D eigenvalue weighted by molar-refractivity contribution is 0.0947. The Morgan fingerprint density at radius 1 is 1.39 bits per heavy atom. The van der Waals surface area contributed by atoms with Gasteiger partial charge in [-0.25, -0.2) is 4.98 Å². The van der Waals surface area contributed by atoms with Gasteiger partial charge >= 0.3 is 0 Å². The smallest absolute Gasteiger partial charge is 0.267 e. The summed E-state index contributed by atoms with van der Waals surface area (Å²) in [4.78, 5) is 20.5. The number of anilines is 1. The van der Waals surface area contributed by atoms with Gasteiger partial charge in [-0.3, -0.25) is 15.2 Å². The zero-order chi connectivity index (χ0) is 16.8. The van der Waals surface area contributed by atoms with Crippen molar-refractivity contribution in [2.75, 3.05) is 11.6 Å². The molecule has 6 nitrogen and oxygen atoms in total. The SMILES string of the molecule is CC(C)CN(NC(=O)c1ccccc1)c1nc(C#N)ncc1Br. The first-order valence-corrected chi connectivity index (χ1v) is 7.86. The van der Waals surface area contributed by atoms with Gasteiger partial charge in [0.15, 0.2) is 5.82 Å². The first kappa shape index (κ1) is 16.9. The topological polar surface area (TPSA) is 81.9 Å². The van der Waals surface area contributed by atoms with E-state index in [1.54, 1.807) is 29.3 Å². The lowest BCUT2D eigenvalue weighted by Gasteiger charge is -2.26. The van der Waals surface area contributed by atoms with Crippen LogP contribution in [0.25, 0.3) is 0 Å². The van der Waals surface area contributed by atoms with Crippen molar-refractivity contribution in [3.8, 4) is 6.07 Å². The molecule has 2 aromatic rings. The molecule has 1 N–H and O–H groups in total. The second-order valence-corrected chi connectivity index (χ2v) is 6.14. The molecule has 1 aromatic carbocycles. The second-order valence-electron chi connectivity index (χ2n) is 5.29. The average molecular weight is 374 g/mol. The molecular formula is C16H16BrN5O. The molecule has 0 saturated heterocycles. The summed E-state index contributed by atoms with van der Waals surface area (Å²) in [6.45, 7) is 4.60. The van der Waals surface area contributed by atoms with Crippen molar-refractivity contribution in [1.29, 1.82) is 5.26 Å². The Morgan fingerprint density at radius 3 is 2.70 bits per heavy atom. The number of carbonyl (C=O) groups is 1. The van der Waals surface area contributed by atoms with Gasteiger partial charge in [-0.05, 0) is 34.0 Å². The molecule has 0 unspecified atom stereocenters. The molecule has 0 saturated carbocycles. The van der Waals surface area contributed by atoms with Gasteiger partial charge in [0.05, 0.1) is 4.47 Å². The van der Waals surface area contributed by atoms with Crippen LogP contribution < -0.4 is 10.4 Å². The molecule has 2 rings (SSSR count). The molecule has 0 spiro atoms. The summed E-state index contributed by atoms with van der Waals surface area (Å²) in [6, 6.07) is 10.8. The summed E-state index contributed by atoms with van der Waals surface area (Å²) in [6.07, 6.45) is 1.50. The molecule has 0 aliphatic carbocycles. The third-order valence-electron chi connectivity index (χ3n) is 2.90. The highest BCUT2D eigenvalue weighted by molar-refractivity contribution is 9.10. The van der Waals surface area contributed by atoms with Crippen molar-refractivity contribution in [3.05, 3.63) is 52.4 Å². The Balaban J connectivity index is 2.31. The summed E-state index contributed by atoms with van der Waals surface area (Å²) in [5.74, 6) is 0.536. The van der Waals surface area contributed by atoms with E-state index in [2.05, 4.69) is 31.3 Å². The molecule has 1 aromatic heterocycles. The Hall–Kier alpha value is -2.46. The second kappa shape index (κ2) is 7.70. The van der Waals surface area contributed by atoms with E-state index in [-0.39, 0.29) is 17.6 Å². The van der Waals surface area contributed by atoms with E-state index in [9.17, 15) is 4.79 Å². The highest BCUT2D eigenvalue weighted by Crippen LogP contribution is 2.22. The van der Waals surface area contributed by atoms with E-state index in [0.717, 1.165) is 0 Å². The van der Waals surface area contributed by atoms with Crippen molar-refractivity contribution >= 4 is 27.7 Å². The van der Waals surface area contributed by atoms with E-state index in [1.807, 2.05) is 26.0 Å². The minimum atomic E-state index is -0.240. The number of hydrogen-bond donors (Lipinski definition) is 1. The Kier molecular flexibility index (Phi) is 5.66. The van der Waals surface area contributed by atoms with Gasteiger partial charge < -0.3 is 0 Å². The lowest BCUT2D eigenvalue weighted by atomic mass is 10.2. The van der Waals surface area contributed by atoms with Crippen molar-refractivity contribution in [3.63, 3.8) is 0 Å². The van der Waals surface area contributed by atoms with Crippen LogP contribution in [0.15, 0.2) is 41.0 Å². The van der Waals surface area contributed by atoms with Crippen LogP contribution in [0.1, 0.15) is 30.0 Å². The molecule has 1 heterocycles. The zero-order valence-corrected chi connectivity index (χ0v) is 14.4. The largest absolute Gasteiger partial charge is 0.269 e. The maximum atomic E-state index is 12.4. The molecule has 0 aliphatic rings. The fourth-order valence-corrected chi connectivity index (χ4v) is 2.33. The van der Waals surface area contributed by atoms with Crippen LogP contribution in [-0.2, 0) is 0 Å². The maximum absolute atomic E-state index is 12.4. The summed E-state index contributed by atoms with van der Waals surface area (Å²) < 4.78 is 0.602. The fourth-order valence-electron chi connectivity index (χ4n) is 1.93. The number of carbonyl (C=O) groups excluding carboxylic acids is 1. The molecular weight excluding hydrogens is 358 g/mol. The average Bonchev–Trinajstić information content (AvgIpc) is 2.55. The van der Waals surface area contributed by atoms with Gasteiger partial charge in [0.1, 0.15) is 6.07 Å². The Labute approximate surface area is 143 Å². The Morgan fingerprint density at radius 2 is 2.09 bits per heavy atom. The van der Waals surface area contributed by atoms with Crippen LogP contribution in [0.2, 0.25) is 0 Å². The number of benzene rings is 1. The molecule has 1 amide bonds. The zero-order valence-electron chi connectivity index (χ0n) is 12.8. The third kappa shape index (κ3) is 4.50. The fraction of sp³-hybridized carbons (Fsp3) is 0.250. The molecule has 0 bridgehead atoms. The van der Waals surface area contributed by atoms with Crippen LogP contribution in [0.5, 0.6) is 0 Å². The van der Waals surface area contributed by atoms with E-state index in [0.29, 0.717) is 22.4 Å². The highest BCUT2D eigenvalue weighted by atomic mass is 79.9. The number of halogens is 1. The van der Waals surface area contributed by atoms with Crippen LogP contribution >= 0.6 is 15.9 Å². The van der Waals surface area contributed by atoms with Crippen molar-refractivity contribution in [2.24, 2.45) is 5.92 Å². The summed E-state index contributed by atoms with van der Waals surface area (Å²) in [7, 11) is 0. The van der Waals surface area contributed by atoms with Crippen LogP contribution in [0.4, 0.5) is 5.82 Å². The number of hydrogen-bond acceptors (Lipinski definition) is 5. The van der Waals surface area contributed by atoms with Gasteiger partial charge in [0.25, 0.3) is 5.91 Å². The van der Waals surface area contributed by atoms with Gasteiger partial charge in [0.2, 0.25) is 5.82 Å². The van der Waals surface area contributed by atoms with Crippen molar-refractivity contribution in [1.82, 2.24) is 15.4 Å². The summed E-state index contributed by atoms with van der Waals surface area (Å²) in [5, 5.41) is 10.6. The van der Waals surface area contributed by atoms with Gasteiger partial charge in [-0.15, -0.1) is 0 Å². The van der Waals surface area contributed by atoms with E-state index in [1.165, 1.54) is 6.20 Å². The number of aromatic nitrogens is 2. The number of nitrogens with one attached hydrogen (secondary N) is 1.